The van der Waals surface area contributed by atoms with Gasteiger partial charge in [-0.1, -0.05) is 20.8 Å². The molecule has 0 saturated carbocycles. The van der Waals surface area contributed by atoms with Gasteiger partial charge in [0.2, 0.25) is 0 Å². The molecule has 2 aliphatic heterocycles. The van der Waals surface area contributed by atoms with Crippen LogP contribution in [0.3, 0.4) is 0 Å². The molecule has 0 aliphatic carbocycles. The molecule has 3 unspecified atom stereocenters. The number of hydrogen-bond donors (Lipinski definition) is 1. The highest BCUT2D eigenvalue weighted by atomic mass is 32.2. The summed E-state index contributed by atoms with van der Waals surface area (Å²) >= 11 is 2.07. The highest BCUT2D eigenvalue weighted by Crippen LogP contribution is 2.42. The zero-order valence-corrected chi connectivity index (χ0v) is 15.2. The van der Waals surface area contributed by atoms with E-state index in [2.05, 4.69) is 44.9 Å². The van der Waals surface area contributed by atoms with Crippen LogP contribution >= 0.6 is 11.8 Å². The summed E-state index contributed by atoms with van der Waals surface area (Å²) < 4.78 is 12.1. The molecule has 0 bridgehead atoms. The molecule has 1 N–H and O–H groups in total. The number of rotatable bonds is 4. The third-order valence-corrected chi connectivity index (χ3v) is 6.20. The van der Waals surface area contributed by atoms with Crippen molar-refractivity contribution >= 4 is 11.8 Å². The Balaban J connectivity index is 2.10. The number of thioether (sulfide) groups is 1. The first-order valence-corrected chi connectivity index (χ1v) is 9.49. The smallest absolute Gasteiger partial charge is 0.0774 e. The van der Waals surface area contributed by atoms with Crippen molar-refractivity contribution in [2.24, 2.45) is 11.3 Å². The van der Waals surface area contributed by atoms with E-state index in [9.17, 15) is 0 Å². The lowest BCUT2D eigenvalue weighted by atomic mass is 9.73. The summed E-state index contributed by atoms with van der Waals surface area (Å²) in [5.74, 6) is 3.16. The van der Waals surface area contributed by atoms with Crippen LogP contribution in [-0.4, -0.2) is 50.0 Å². The first-order valence-electron chi connectivity index (χ1n) is 8.34. The molecule has 3 nitrogen and oxygen atoms in total. The number of likely N-dealkylation sites (N-methyl/N-ethyl adjacent to an activating group) is 1. The predicted molar refractivity (Wildman–Crippen MR) is 91.1 cm³/mol. The second-order valence-corrected chi connectivity index (χ2v) is 8.96. The third-order valence-electron chi connectivity index (χ3n) is 5.21. The molecule has 4 heteroatoms. The maximum absolute atomic E-state index is 6.25. The van der Waals surface area contributed by atoms with Crippen LogP contribution in [0.2, 0.25) is 0 Å². The van der Waals surface area contributed by atoms with Crippen LogP contribution in [-0.2, 0) is 9.47 Å². The Kier molecular flexibility index (Phi) is 6.03. The van der Waals surface area contributed by atoms with E-state index in [1.54, 1.807) is 0 Å². The Bertz CT molecular complexity index is 318. The zero-order chi connectivity index (χ0) is 15.5. The average molecular weight is 316 g/mol. The van der Waals surface area contributed by atoms with Gasteiger partial charge in [-0.15, -0.1) is 0 Å². The first kappa shape index (κ1) is 17.6. The molecule has 0 radical (unpaired) electrons. The fourth-order valence-electron chi connectivity index (χ4n) is 4.14. The Morgan fingerprint density at radius 3 is 2.48 bits per heavy atom. The van der Waals surface area contributed by atoms with Crippen LogP contribution < -0.4 is 5.32 Å². The van der Waals surface area contributed by atoms with E-state index in [1.807, 2.05) is 7.11 Å². The van der Waals surface area contributed by atoms with Gasteiger partial charge in [0.25, 0.3) is 0 Å². The van der Waals surface area contributed by atoms with Crippen LogP contribution in [0, 0.1) is 11.3 Å². The van der Waals surface area contributed by atoms with Gasteiger partial charge in [0.05, 0.1) is 11.7 Å². The van der Waals surface area contributed by atoms with Crippen LogP contribution in [0.15, 0.2) is 0 Å². The van der Waals surface area contributed by atoms with Crippen molar-refractivity contribution in [3.63, 3.8) is 0 Å². The summed E-state index contributed by atoms with van der Waals surface area (Å²) in [4.78, 5) is 0. The summed E-state index contributed by atoms with van der Waals surface area (Å²) in [5, 5.41) is 3.57. The standard InChI is InChI=1S/C17H33NO2S/c1-16(2,3)15(19-5)14(18-4)13-6-9-20-17(12-13)7-10-21-11-8-17/h13-15,18H,6-12H2,1-5H3. The summed E-state index contributed by atoms with van der Waals surface area (Å²) in [6.45, 7) is 7.74. The Labute approximate surface area is 134 Å². The SMILES string of the molecule is CNC(C1CCOC2(CCSCC2)C1)C(OC)C(C)(C)C. The van der Waals surface area contributed by atoms with Crippen LogP contribution in [0.5, 0.6) is 0 Å². The Morgan fingerprint density at radius 2 is 1.95 bits per heavy atom. The van der Waals surface area contributed by atoms with E-state index in [-0.39, 0.29) is 17.1 Å². The molecule has 21 heavy (non-hydrogen) atoms. The van der Waals surface area contributed by atoms with Gasteiger partial charge >= 0.3 is 0 Å². The van der Waals surface area contributed by atoms with Gasteiger partial charge < -0.3 is 14.8 Å². The molecule has 3 atom stereocenters. The number of ether oxygens (including phenoxy) is 2. The molecule has 2 fully saturated rings. The first-order chi connectivity index (χ1) is 9.92. The zero-order valence-electron chi connectivity index (χ0n) is 14.4. The molecule has 2 aliphatic rings. The van der Waals surface area contributed by atoms with Crippen molar-refractivity contribution in [1.82, 2.24) is 5.32 Å². The summed E-state index contributed by atoms with van der Waals surface area (Å²) in [6, 6.07) is 0.408. The Morgan fingerprint density at radius 1 is 1.29 bits per heavy atom. The van der Waals surface area contributed by atoms with Gasteiger partial charge in [0.15, 0.2) is 0 Å². The molecule has 2 saturated heterocycles. The molecule has 0 aromatic heterocycles. The summed E-state index contributed by atoms with van der Waals surface area (Å²) in [6.07, 6.45) is 5.02. The fraction of sp³-hybridized carbons (Fsp3) is 1.00. The molecule has 124 valence electrons. The minimum absolute atomic E-state index is 0.149. The molecule has 2 rings (SSSR count). The fourth-order valence-corrected chi connectivity index (χ4v) is 5.37. The largest absolute Gasteiger partial charge is 0.379 e. The van der Waals surface area contributed by atoms with Crippen molar-refractivity contribution in [1.29, 1.82) is 0 Å². The Hall–Kier alpha value is 0.230. The lowest BCUT2D eigenvalue weighted by molar-refractivity contribution is -0.121. The van der Waals surface area contributed by atoms with Gasteiger partial charge in [0.1, 0.15) is 0 Å². The molecule has 0 amide bonds. The lowest BCUT2D eigenvalue weighted by Gasteiger charge is -2.48. The third kappa shape index (κ3) is 4.15. The molecule has 0 aromatic carbocycles. The van der Waals surface area contributed by atoms with Crippen molar-refractivity contribution in [3.05, 3.63) is 0 Å². The van der Waals surface area contributed by atoms with Crippen molar-refractivity contribution < 1.29 is 9.47 Å². The predicted octanol–water partition coefficient (Wildman–Crippen LogP) is 3.33. The normalized spacial score (nSPS) is 29.3. The second kappa shape index (κ2) is 7.20. The van der Waals surface area contributed by atoms with Crippen LogP contribution in [0.4, 0.5) is 0 Å². The quantitative estimate of drug-likeness (QED) is 0.862. The summed E-state index contributed by atoms with van der Waals surface area (Å²) in [7, 11) is 3.94. The van der Waals surface area contributed by atoms with Crippen molar-refractivity contribution in [2.75, 3.05) is 32.3 Å². The summed E-state index contributed by atoms with van der Waals surface area (Å²) in [5.41, 5.74) is 0.301. The highest BCUT2D eigenvalue weighted by molar-refractivity contribution is 7.99. The molecular weight excluding hydrogens is 282 g/mol. The van der Waals surface area contributed by atoms with E-state index in [0.717, 1.165) is 13.0 Å². The monoisotopic (exact) mass is 315 g/mol. The number of nitrogens with one attached hydrogen (secondary N) is 1. The van der Waals surface area contributed by atoms with E-state index in [4.69, 9.17) is 9.47 Å². The van der Waals surface area contributed by atoms with Crippen LogP contribution in [0.1, 0.15) is 46.5 Å². The van der Waals surface area contributed by atoms with Gasteiger partial charge in [-0.25, -0.2) is 0 Å². The lowest BCUT2D eigenvalue weighted by Crippen LogP contribution is -2.55. The molecular formula is C17H33NO2S. The van der Waals surface area contributed by atoms with E-state index < -0.39 is 0 Å². The minimum Gasteiger partial charge on any atom is -0.379 e. The topological polar surface area (TPSA) is 30.5 Å². The maximum atomic E-state index is 6.25. The van der Waals surface area contributed by atoms with E-state index in [1.165, 1.54) is 30.8 Å². The van der Waals surface area contributed by atoms with E-state index in [0.29, 0.717) is 12.0 Å². The van der Waals surface area contributed by atoms with Crippen molar-refractivity contribution in [3.8, 4) is 0 Å². The average Bonchev–Trinajstić information content (AvgIpc) is 2.44. The molecule has 1 spiro atoms. The van der Waals surface area contributed by atoms with Crippen molar-refractivity contribution in [2.45, 2.75) is 64.2 Å². The van der Waals surface area contributed by atoms with Gasteiger partial charge in [-0.3, -0.25) is 0 Å². The van der Waals surface area contributed by atoms with E-state index >= 15 is 0 Å². The highest BCUT2D eigenvalue weighted by Gasteiger charge is 2.44. The van der Waals surface area contributed by atoms with Gasteiger partial charge in [0, 0.05) is 19.8 Å². The van der Waals surface area contributed by atoms with Crippen LogP contribution in [0.25, 0.3) is 0 Å². The molecule has 2 heterocycles. The number of hydrogen-bond acceptors (Lipinski definition) is 4. The maximum Gasteiger partial charge on any atom is 0.0774 e. The minimum atomic E-state index is 0.149. The van der Waals surface area contributed by atoms with Gasteiger partial charge in [-0.2, -0.15) is 11.8 Å². The number of methoxy groups -OCH3 is 1. The van der Waals surface area contributed by atoms with Gasteiger partial charge in [-0.05, 0) is 55.6 Å². The molecule has 0 aromatic rings. The second-order valence-electron chi connectivity index (χ2n) is 7.73.